The minimum atomic E-state index is -1.14. The summed E-state index contributed by atoms with van der Waals surface area (Å²) in [7, 11) is 0. The Morgan fingerprint density at radius 2 is 1.77 bits per heavy atom. The summed E-state index contributed by atoms with van der Waals surface area (Å²) >= 11 is 0. The molecule has 128 valence electrons. The van der Waals surface area contributed by atoms with E-state index in [-0.39, 0.29) is 5.92 Å². The third-order valence-corrected chi connectivity index (χ3v) is 3.06. The molecule has 0 spiro atoms. The number of unbranched alkanes of at least 4 members (excludes halogenated alkanes) is 1. The number of carboxylic acid groups (broad SMARTS) is 1. The maximum absolute atomic E-state index is 12.0. The van der Waals surface area contributed by atoms with Crippen LogP contribution in [0.4, 0.5) is 0 Å². The van der Waals surface area contributed by atoms with E-state index in [2.05, 4.69) is 10.6 Å². The van der Waals surface area contributed by atoms with Gasteiger partial charge in [-0.3, -0.25) is 14.4 Å². The molecule has 2 amide bonds. The summed E-state index contributed by atoms with van der Waals surface area (Å²) < 4.78 is 0. The lowest BCUT2D eigenvalue weighted by atomic mass is 10.0. The molecule has 0 rings (SSSR count). The van der Waals surface area contributed by atoms with Gasteiger partial charge >= 0.3 is 5.97 Å². The first-order valence-corrected chi connectivity index (χ1v) is 7.53. The van der Waals surface area contributed by atoms with Crippen LogP contribution in [0.1, 0.15) is 39.5 Å². The first kappa shape index (κ1) is 20.3. The van der Waals surface area contributed by atoms with Gasteiger partial charge in [0, 0.05) is 0 Å². The van der Waals surface area contributed by atoms with Gasteiger partial charge in [0.05, 0.1) is 6.04 Å². The van der Waals surface area contributed by atoms with Crippen molar-refractivity contribution in [3.05, 3.63) is 0 Å². The van der Waals surface area contributed by atoms with Gasteiger partial charge in [0.2, 0.25) is 11.8 Å². The lowest BCUT2D eigenvalue weighted by Gasteiger charge is -2.21. The molecule has 0 aliphatic rings. The fourth-order valence-corrected chi connectivity index (χ4v) is 1.91. The SMILES string of the molecule is CC(C)CC(NC(=O)C(N)CCCCN)C(=O)NCC(=O)O. The summed E-state index contributed by atoms with van der Waals surface area (Å²) in [5.74, 6) is -1.90. The van der Waals surface area contributed by atoms with E-state index >= 15 is 0 Å². The quantitative estimate of drug-likeness (QED) is 0.314. The average molecular weight is 316 g/mol. The van der Waals surface area contributed by atoms with Crippen LogP contribution in [0.15, 0.2) is 0 Å². The number of carbonyl (C=O) groups is 3. The van der Waals surface area contributed by atoms with Crippen molar-refractivity contribution in [3.63, 3.8) is 0 Å². The van der Waals surface area contributed by atoms with Crippen molar-refractivity contribution < 1.29 is 19.5 Å². The third kappa shape index (κ3) is 9.30. The van der Waals surface area contributed by atoms with Crippen LogP contribution in [0, 0.1) is 5.92 Å². The summed E-state index contributed by atoms with van der Waals surface area (Å²) in [6, 6.07) is -1.49. The molecule has 0 aromatic carbocycles. The molecule has 0 fully saturated rings. The summed E-state index contributed by atoms with van der Waals surface area (Å²) in [5, 5.41) is 13.5. The predicted molar refractivity (Wildman–Crippen MR) is 82.9 cm³/mol. The summed E-state index contributed by atoms with van der Waals surface area (Å²) in [4.78, 5) is 34.5. The number of hydrogen-bond acceptors (Lipinski definition) is 5. The molecule has 0 saturated heterocycles. The molecule has 0 aliphatic heterocycles. The molecule has 8 nitrogen and oxygen atoms in total. The van der Waals surface area contributed by atoms with Gasteiger partial charge in [-0.2, -0.15) is 0 Å². The minimum Gasteiger partial charge on any atom is -0.480 e. The van der Waals surface area contributed by atoms with Gasteiger partial charge in [0.25, 0.3) is 0 Å². The van der Waals surface area contributed by atoms with Crippen LogP contribution in [0.3, 0.4) is 0 Å². The number of aliphatic carboxylic acids is 1. The standard InChI is InChI=1S/C14H28N4O4/c1-9(2)7-11(14(22)17-8-12(19)20)18-13(21)10(16)5-3-4-6-15/h9-11H,3-8,15-16H2,1-2H3,(H,17,22)(H,18,21)(H,19,20). The fourth-order valence-electron chi connectivity index (χ4n) is 1.91. The number of carbonyl (C=O) groups excluding carboxylic acids is 2. The number of carboxylic acids is 1. The third-order valence-electron chi connectivity index (χ3n) is 3.06. The van der Waals surface area contributed by atoms with Gasteiger partial charge in [-0.1, -0.05) is 20.3 Å². The molecule has 2 atom stereocenters. The van der Waals surface area contributed by atoms with Crippen LogP contribution in [-0.4, -0.2) is 48.1 Å². The van der Waals surface area contributed by atoms with Gasteiger partial charge in [0.15, 0.2) is 0 Å². The molecule has 7 N–H and O–H groups in total. The van der Waals surface area contributed by atoms with Crippen molar-refractivity contribution in [2.24, 2.45) is 17.4 Å². The molecule has 0 aliphatic carbocycles. The summed E-state index contributed by atoms with van der Waals surface area (Å²) in [5.41, 5.74) is 11.2. The van der Waals surface area contributed by atoms with E-state index in [1.54, 1.807) is 0 Å². The van der Waals surface area contributed by atoms with Crippen molar-refractivity contribution in [3.8, 4) is 0 Å². The lowest BCUT2D eigenvalue weighted by molar-refractivity contribution is -0.138. The zero-order valence-electron chi connectivity index (χ0n) is 13.3. The molecule has 0 bridgehead atoms. The Hall–Kier alpha value is -1.67. The van der Waals surface area contributed by atoms with Gasteiger partial charge in [0.1, 0.15) is 12.6 Å². The number of amides is 2. The van der Waals surface area contributed by atoms with E-state index in [4.69, 9.17) is 16.6 Å². The topological polar surface area (TPSA) is 148 Å². The maximum Gasteiger partial charge on any atom is 0.322 e. The van der Waals surface area contributed by atoms with E-state index in [1.165, 1.54) is 0 Å². The molecular formula is C14H28N4O4. The monoisotopic (exact) mass is 316 g/mol. The van der Waals surface area contributed by atoms with Gasteiger partial charge in [-0.15, -0.1) is 0 Å². The van der Waals surface area contributed by atoms with Gasteiger partial charge in [-0.05, 0) is 31.7 Å². The zero-order chi connectivity index (χ0) is 17.1. The van der Waals surface area contributed by atoms with Crippen molar-refractivity contribution in [1.82, 2.24) is 10.6 Å². The second-order valence-electron chi connectivity index (χ2n) is 5.69. The minimum absolute atomic E-state index is 0.161. The second-order valence-corrected chi connectivity index (χ2v) is 5.69. The Labute approximate surface area is 131 Å². The molecular weight excluding hydrogens is 288 g/mol. The Bertz CT molecular complexity index is 374. The van der Waals surface area contributed by atoms with Crippen LogP contribution >= 0.6 is 0 Å². The largest absolute Gasteiger partial charge is 0.480 e. The Balaban J connectivity index is 4.52. The Kier molecular flexibility index (Phi) is 10.1. The molecule has 0 radical (unpaired) electrons. The first-order valence-electron chi connectivity index (χ1n) is 7.53. The summed E-state index contributed by atoms with van der Waals surface area (Å²) in [6.45, 7) is 3.88. The molecule has 22 heavy (non-hydrogen) atoms. The highest BCUT2D eigenvalue weighted by molar-refractivity contribution is 5.90. The molecule has 2 unspecified atom stereocenters. The van der Waals surface area contributed by atoms with Crippen LogP contribution in [0.5, 0.6) is 0 Å². The molecule has 8 heteroatoms. The van der Waals surface area contributed by atoms with Crippen LogP contribution in [0.25, 0.3) is 0 Å². The molecule has 0 saturated carbocycles. The van der Waals surface area contributed by atoms with E-state index < -0.39 is 36.4 Å². The van der Waals surface area contributed by atoms with Gasteiger partial charge in [-0.25, -0.2) is 0 Å². The van der Waals surface area contributed by atoms with E-state index in [1.807, 2.05) is 13.8 Å². The molecule has 0 aromatic heterocycles. The van der Waals surface area contributed by atoms with E-state index in [0.717, 1.165) is 12.8 Å². The number of nitrogens with two attached hydrogens (primary N) is 2. The highest BCUT2D eigenvalue weighted by Crippen LogP contribution is 2.06. The number of hydrogen-bond donors (Lipinski definition) is 5. The van der Waals surface area contributed by atoms with Crippen molar-refractivity contribution in [2.45, 2.75) is 51.6 Å². The maximum atomic E-state index is 12.0. The Morgan fingerprint density at radius 3 is 2.27 bits per heavy atom. The molecule has 0 heterocycles. The highest BCUT2D eigenvalue weighted by atomic mass is 16.4. The Morgan fingerprint density at radius 1 is 1.14 bits per heavy atom. The second kappa shape index (κ2) is 11.0. The average Bonchev–Trinajstić information content (AvgIpc) is 2.43. The van der Waals surface area contributed by atoms with Crippen molar-refractivity contribution in [1.29, 1.82) is 0 Å². The number of nitrogens with one attached hydrogen (secondary N) is 2. The number of rotatable bonds is 11. The zero-order valence-corrected chi connectivity index (χ0v) is 13.3. The first-order chi connectivity index (χ1) is 10.3. The van der Waals surface area contributed by atoms with Crippen molar-refractivity contribution in [2.75, 3.05) is 13.1 Å². The van der Waals surface area contributed by atoms with Crippen LogP contribution in [-0.2, 0) is 14.4 Å². The fraction of sp³-hybridized carbons (Fsp3) is 0.786. The summed E-state index contributed by atoms with van der Waals surface area (Å²) in [6.07, 6.45) is 2.43. The predicted octanol–water partition coefficient (Wildman–Crippen LogP) is -0.826. The highest BCUT2D eigenvalue weighted by Gasteiger charge is 2.24. The lowest BCUT2D eigenvalue weighted by Crippen LogP contribution is -2.52. The molecule has 0 aromatic rings. The smallest absolute Gasteiger partial charge is 0.322 e. The normalized spacial score (nSPS) is 13.5. The van der Waals surface area contributed by atoms with E-state index in [9.17, 15) is 14.4 Å². The van der Waals surface area contributed by atoms with E-state index in [0.29, 0.717) is 19.4 Å². The van der Waals surface area contributed by atoms with Crippen molar-refractivity contribution >= 4 is 17.8 Å². The van der Waals surface area contributed by atoms with Crippen LogP contribution < -0.4 is 22.1 Å². The van der Waals surface area contributed by atoms with Gasteiger partial charge < -0.3 is 27.2 Å². The van der Waals surface area contributed by atoms with Crippen LogP contribution in [0.2, 0.25) is 0 Å².